The van der Waals surface area contributed by atoms with E-state index in [1.807, 2.05) is 0 Å². The molecule has 3 aromatic rings. The summed E-state index contributed by atoms with van der Waals surface area (Å²) in [7, 11) is 2.71. The van der Waals surface area contributed by atoms with Crippen LogP contribution in [0.25, 0.3) is 5.57 Å². The molecule has 0 unspecified atom stereocenters. The minimum Gasteiger partial charge on any atom is -0.503 e. The minimum absolute atomic E-state index is 0.184. The molecule has 11 nitrogen and oxygen atoms in total. The molecule has 0 amide bonds. The van der Waals surface area contributed by atoms with Gasteiger partial charge in [-0.1, -0.05) is 43.7 Å². The van der Waals surface area contributed by atoms with E-state index >= 15 is 0 Å². The number of methoxy groups -OCH3 is 2. The summed E-state index contributed by atoms with van der Waals surface area (Å²) in [5, 5.41) is 12.1. The highest BCUT2D eigenvalue weighted by molar-refractivity contribution is 8.11. The standard InChI is InChI=1S/C22H17N3O5.C4H14N3PS/c1-27-13-17(22(26)28-2)16-8-4-6-10-19(16)30-21-11-20(24-14-25-21)29-18-9-5-3-7-15(18)12-23;1-2-3-4-7-8(5,6)9/h3-11,13-14H,1-2H3;2-4H2,1H3,(H5,5,6,7,9)/b17-13+;. The Labute approximate surface area is 232 Å². The fourth-order valence-corrected chi connectivity index (χ4v) is 3.75. The SMILES string of the molecule is CCCCNP(N)(N)=S.CO/C=C(/C(=O)OC)c1ccccc1Oc1cc(Oc2ccccc2C#N)ncn1. The van der Waals surface area contributed by atoms with Crippen molar-refractivity contribution in [3.63, 3.8) is 0 Å². The molecule has 0 radical (unpaired) electrons. The molecule has 1 aromatic heterocycles. The van der Waals surface area contributed by atoms with E-state index in [1.165, 1.54) is 32.9 Å². The number of aromatic nitrogens is 2. The number of para-hydroxylation sites is 2. The Kier molecular flexibility index (Phi) is 13.0. The zero-order chi connectivity index (χ0) is 28.7. The lowest BCUT2D eigenvalue weighted by Crippen LogP contribution is -2.22. The number of carbonyl (C=O) groups is 1. The topological polar surface area (TPSA) is 168 Å². The lowest BCUT2D eigenvalue weighted by atomic mass is 10.1. The molecular weight excluding hydrogens is 539 g/mol. The number of esters is 1. The number of benzene rings is 2. The number of rotatable bonds is 11. The van der Waals surface area contributed by atoms with Gasteiger partial charge in [0.15, 0.2) is 0 Å². The quantitative estimate of drug-likeness (QED) is 0.0964. The Morgan fingerprint density at radius 3 is 2.28 bits per heavy atom. The molecule has 0 spiro atoms. The van der Waals surface area contributed by atoms with Crippen LogP contribution in [0.4, 0.5) is 0 Å². The van der Waals surface area contributed by atoms with E-state index in [9.17, 15) is 10.1 Å². The van der Waals surface area contributed by atoms with Crippen LogP contribution in [-0.2, 0) is 26.1 Å². The monoisotopic (exact) mass is 570 g/mol. The predicted octanol–water partition coefficient (Wildman–Crippen LogP) is 4.61. The summed E-state index contributed by atoms with van der Waals surface area (Å²) in [4.78, 5) is 20.3. The van der Waals surface area contributed by atoms with Crippen LogP contribution in [0.15, 0.2) is 67.2 Å². The molecule has 0 fully saturated rings. The van der Waals surface area contributed by atoms with E-state index in [2.05, 4.69) is 28.0 Å². The summed E-state index contributed by atoms with van der Waals surface area (Å²) in [5.74, 6) is 0.520. The zero-order valence-electron chi connectivity index (χ0n) is 21.9. The van der Waals surface area contributed by atoms with Crippen molar-refractivity contribution in [1.29, 1.82) is 5.26 Å². The van der Waals surface area contributed by atoms with Gasteiger partial charge in [-0.3, -0.25) is 16.1 Å². The van der Waals surface area contributed by atoms with Gasteiger partial charge in [-0.05, 0) is 36.4 Å². The molecule has 13 heteroatoms. The van der Waals surface area contributed by atoms with Crippen molar-refractivity contribution in [2.24, 2.45) is 11.0 Å². The molecule has 3 rings (SSSR count). The summed E-state index contributed by atoms with van der Waals surface area (Å²) in [6.07, 6.45) is 4.78. The van der Waals surface area contributed by atoms with Gasteiger partial charge in [0.25, 0.3) is 0 Å². The molecule has 5 N–H and O–H groups in total. The molecule has 0 aliphatic rings. The fourth-order valence-electron chi connectivity index (χ4n) is 2.97. The third-order valence-electron chi connectivity index (χ3n) is 4.76. The number of carbonyl (C=O) groups excluding carboxylic acids is 1. The second kappa shape index (κ2) is 16.2. The number of unbranched alkanes of at least 4 members (excludes halogenated alkanes) is 1. The van der Waals surface area contributed by atoms with Crippen LogP contribution in [-0.4, -0.2) is 36.7 Å². The summed E-state index contributed by atoms with van der Waals surface area (Å²) in [5.41, 5.74) is 11.8. The molecule has 0 aliphatic carbocycles. The molecule has 0 atom stereocenters. The number of nitrogens with zero attached hydrogens (tertiary/aromatic N) is 3. The summed E-state index contributed by atoms with van der Waals surface area (Å²) in [6, 6.07) is 17.2. The van der Waals surface area contributed by atoms with Gasteiger partial charge in [-0.2, -0.15) is 5.26 Å². The Morgan fingerprint density at radius 1 is 1.08 bits per heavy atom. The Morgan fingerprint density at radius 2 is 1.69 bits per heavy atom. The smallest absolute Gasteiger partial charge is 0.341 e. The number of hydrogen-bond acceptors (Lipinski definition) is 9. The number of ether oxygens (including phenoxy) is 4. The molecular formula is C26H31N6O5PS. The second-order valence-corrected chi connectivity index (χ2v) is 11.3. The van der Waals surface area contributed by atoms with Gasteiger partial charge in [0.05, 0.1) is 32.1 Å². The van der Waals surface area contributed by atoms with Crippen LogP contribution in [0.5, 0.6) is 23.3 Å². The van der Waals surface area contributed by atoms with Crippen molar-refractivity contribution in [3.8, 4) is 29.3 Å². The van der Waals surface area contributed by atoms with Crippen molar-refractivity contribution >= 4 is 29.8 Å². The Balaban J connectivity index is 0.000000510. The summed E-state index contributed by atoms with van der Waals surface area (Å²) < 4.78 is 21.4. The van der Waals surface area contributed by atoms with Crippen molar-refractivity contribution in [2.75, 3.05) is 20.8 Å². The van der Waals surface area contributed by atoms with Crippen molar-refractivity contribution in [3.05, 3.63) is 78.3 Å². The molecule has 0 saturated heterocycles. The first-order chi connectivity index (χ1) is 18.7. The lowest BCUT2D eigenvalue weighted by Gasteiger charge is -2.12. The first-order valence-corrected chi connectivity index (χ1v) is 14.7. The second-order valence-electron chi connectivity index (χ2n) is 7.73. The van der Waals surface area contributed by atoms with E-state index in [4.69, 9.17) is 41.8 Å². The first kappa shape index (κ1) is 31.4. The van der Waals surface area contributed by atoms with Gasteiger partial charge in [0.2, 0.25) is 11.8 Å². The lowest BCUT2D eigenvalue weighted by molar-refractivity contribution is -0.133. The predicted molar refractivity (Wildman–Crippen MR) is 152 cm³/mol. The highest BCUT2D eigenvalue weighted by Gasteiger charge is 2.18. The van der Waals surface area contributed by atoms with Gasteiger partial charge in [0, 0.05) is 12.1 Å². The van der Waals surface area contributed by atoms with Crippen molar-refractivity contribution < 1.29 is 23.7 Å². The van der Waals surface area contributed by atoms with Crippen LogP contribution in [0.2, 0.25) is 0 Å². The van der Waals surface area contributed by atoms with Crippen LogP contribution in [0.3, 0.4) is 0 Å². The summed E-state index contributed by atoms with van der Waals surface area (Å²) in [6.45, 7) is 0.845. The highest BCUT2D eigenvalue weighted by atomic mass is 32.4. The van der Waals surface area contributed by atoms with Gasteiger partial charge >= 0.3 is 5.97 Å². The molecule has 1 heterocycles. The molecule has 39 heavy (non-hydrogen) atoms. The Hall–Kier alpha value is -3.85. The van der Waals surface area contributed by atoms with Gasteiger partial charge in [-0.25, -0.2) is 14.8 Å². The maximum Gasteiger partial charge on any atom is 0.341 e. The van der Waals surface area contributed by atoms with Gasteiger partial charge in [0.1, 0.15) is 36.0 Å². The van der Waals surface area contributed by atoms with E-state index in [0.717, 1.165) is 19.4 Å². The van der Waals surface area contributed by atoms with E-state index in [1.54, 1.807) is 48.5 Å². The molecule has 0 aliphatic heterocycles. The minimum atomic E-state index is -2.11. The summed E-state index contributed by atoms with van der Waals surface area (Å²) >= 11 is 4.75. The number of nitrogens with one attached hydrogen (secondary N) is 1. The third kappa shape index (κ3) is 10.8. The fraction of sp³-hybridized carbons (Fsp3) is 0.231. The number of hydrogen-bond donors (Lipinski definition) is 3. The van der Waals surface area contributed by atoms with Crippen LogP contribution in [0, 0.1) is 11.3 Å². The van der Waals surface area contributed by atoms with Gasteiger partial charge in [-0.15, -0.1) is 0 Å². The van der Waals surface area contributed by atoms with Crippen LogP contribution >= 0.6 is 6.49 Å². The number of nitriles is 1. The van der Waals surface area contributed by atoms with Gasteiger partial charge < -0.3 is 18.9 Å². The van der Waals surface area contributed by atoms with Crippen molar-refractivity contribution in [2.45, 2.75) is 19.8 Å². The van der Waals surface area contributed by atoms with E-state index < -0.39 is 12.5 Å². The van der Waals surface area contributed by atoms with E-state index in [0.29, 0.717) is 22.6 Å². The van der Waals surface area contributed by atoms with E-state index in [-0.39, 0.29) is 17.3 Å². The Bertz CT molecular complexity index is 1360. The average molecular weight is 571 g/mol. The molecule has 206 valence electrons. The average Bonchev–Trinajstić information content (AvgIpc) is 2.92. The largest absolute Gasteiger partial charge is 0.503 e. The molecule has 0 saturated carbocycles. The van der Waals surface area contributed by atoms with Crippen LogP contribution < -0.4 is 25.6 Å². The highest BCUT2D eigenvalue weighted by Crippen LogP contribution is 2.32. The molecule has 2 aromatic carbocycles. The van der Waals surface area contributed by atoms with Crippen molar-refractivity contribution in [1.82, 2.24) is 15.1 Å². The third-order valence-corrected chi connectivity index (χ3v) is 5.87. The van der Waals surface area contributed by atoms with Crippen LogP contribution in [0.1, 0.15) is 30.9 Å². The molecule has 0 bridgehead atoms. The number of nitrogens with two attached hydrogens (primary N) is 2. The normalized spacial score (nSPS) is 10.9. The maximum atomic E-state index is 12.1. The first-order valence-electron chi connectivity index (χ1n) is 11.7. The zero-order valence-corrected chi connectivity index (χ0v) is 23.6. The maximum absolute atomic E-state index is 12.1.